The molecule has 8 nitrogen and oxygen atoms in total. The third-order valence-corrected chi connectivity index (χ3v) is 4.69. The van der Waals surface area contributed by atoms with Crippen molar-refractivity contribution in [2.45, 2.75) is 51.0 Å². The van der Waals surface area contributed by atoms with Gasteiger partial charge in [-0.3, -0.25) is 23.9 Å². The van der Waals surface area contributed by atoms with Crippen LogP contribution in [0.2, 0.25) is 0 Å². The Balaban J connectivity index is 2.55. The van der Waals surface area contributed by atoms with E-state index < -0.39 is 55.5 Å². The van der Waals surface area contributed by atoms with Gasteiger partial charge in [0, 0.05) is 17.8 Å². The Bertz CT molecular complexity index is 864. The minimum atomic E-state index is -4.75. The summed E-state index contributed by atoms with van der Waals surface area (Å²) in [5.41, 5.74) is -1.42. The maximum atomic E-state index is 13.0. The SMILES string of the molecule is Cc1nccc(S(=O)(=O)O)c1C(=O)C(C(=O)OC(C)(C)C)C(=O)C1CC1. The molecule has 1 heterocycles. The van der Waals surface area contributed by atoms with Gasteiger partial charge in [0.25, 0.3) is 10.1 Å². The summed E-state index contributed by atoms with van der Waals surface area (Å²) in [5, 5.41) is 0. The van der Waals surface area contributed by atoms with Crippen LogP contribution in [0, 0.1) is 18.8 Å². The highest BCUT2D eigenvalue weighted by Gasteiger charge is 2.46. The van der Waals surface area contributed by atoms with Crippen molar-refractivity contribution in [3.8, 4) is 0 Å². The predicted molar refractivity (Wildman–Crippen MR) is 90.2 cm³/mol. The number of ketones is 2. The zero-order valence-corrected chi connectivity index (χ0v) is 15.8. The van der Waals surface area contributed by atoms with Crippen LogP contribution in [0.3, 0.4) is 0 Å². The highest BCUT2D eigenvalue weighted by molar-refractivity contribution is 7.86. The topological polar surface area (TPSA) is 128 Å². The molecule has 1 N–H and O–H groups in total. The third-order valence-electron chi connectivity index (χ3n) is 3.80. The number of carbonyl (C=O) groups excluding carboxylic acids is 3. The van der Waals surface area contributed by atoms with E-state index >= 15 is 0 Å². The van der Waals surface area contributed by atoms with Gasteiger partial charge in [0.2, 0.25) is 0 Å². The number of pyridine rings is 1. The van der Waals surface area contributed by atoms with Crippen molar-refractivity contribution >= 4 is 27.7 Å². The quantitative estimate of drug-likeness (QED) is 0.341. The van der Waals surface area contributed by atoms with Crippen LogP contribution in [0.25, 0.3) is 0 Å². The van der Waals surface area contributed by atoms with Gasteiger partial charge in [-0.1, -0.05) is 0 Å². The molecule has 1 fully saturated rings. The Morgan fingerprint density at radius 2 is 1.85 bits per heavy atom. The van der Waals surface area contributed by atoms with Gasteiger partial charge < -0.3 is 4.74 Å². The Hall–Kier alpha value is -2.13. The van der Waals surface area contributed by atoms with Gasteiger partial charge in [-0.2, -0.15) is 8.42 Å². The molecule has 1 atom stereocenters. The van der Waals surface area contributed by atoms with Crippen molar-refractivity contribution in [1.29, 1.82) is 0 Å². The molecule has 0 bridgehead atoms. The van der Waals surface area contributed by atoms with Gasteiger partial charge in [0.15, 0.2) is 17.5 Å². The van der Waals surface area contributed by atoms with Crippen LogP contribution < -0.4 is 0 Å². The van der Waals surface area contributed by atoms with E-state index in [4.69, 9.17) is 4.74 Å². The molecule has 9 heteroatoms. The smallest absolute Gasteiger partial charge is 0.325 e. The van der Waals surface area contributed by atoms with E-state index in [1.54, 1.807) is 20.8 Å². The average molecular weight is 383 g/mol. The van der Waals surface area contributed by atoms with E-state index in [1.807, 2.05) is 0 Å². The minimum absolute atomic E-state index is 0.0118. The number of rotatable bonds is 6. The van der Waals surface area contributed by atoms with Gasteiger partial charge in [-0.15, -0.1) is 0 Å². The average Bonchev–Trinajstić information content (AvgIpc) is 3.28. The van der Waals surface area contributed by atoms with Crippen molar-refractivity contribution in [3.63, 3.8) is 0 Å². The van der Waals surface area contributed by atoms with Crippen LogP contribution in [0.15, 0.2) is 17.2 Å². The summed E-state index contributed by atoms with van der Waals surface area (Å²) in [4.78, 5) is 41.2. The molecule has 26 heavy (non-hydrogen) atoms. The number of Topliss-reactive ketones (excluding diaryl/α,β-unsaturated/α-hetero) is 2. The number of ether oxygens (including phenoxy) is 1. The summed E-state index contributed by atoms with van der Waals surface area (Å²) in [6.07, 6.45) is 2.23. The number of carbonyl (C=O) groups is 3. The van der Waals surface area contributed by atoms with Crippen molar-refractivity contribution in [3.05, 3.63) is 23.5 Å². The summed E-state index contributed by atoms with van der Waals surface area (Å²) < 4.78 is 37.8. The first-order valence-corrected chi connectivity index (χ1v) is 9.51. The van der Waals surface area contributed by atoms with Crippen LogP contribution in [0.4, 0.5) is 0 Å². The van der Waals surface area contributed by atoms with E-state index in [0.29, 0.717) is 12.8 Å². The highest BCUT2D eigenvalue weighted by Crippen LogP contribution is 2.35. The second kappa shape index (κ2) is 6.88. The second-order valence-electron chi connectivity index (χ2n) is 7.25. The van der Waals surface area contributed by atoms with Gasteiger partial charge in [-0.25, -0.2) is 0 Å². The van der Waals surface area contributed by atoms with E-state index in [1.165, 1.54) is 6.92 Å². The van der Waals surface area contributed by atoms with Crippen LogP contribution >= 0.6 is 0 Å². The largest absolute Gasteiger partial charge is 0.459 e. The molecule has 0 aliphatic heterocycles. The summed E-state index contributed by atoms with van der Waals surface area (Å²) in [5.74, 6) is -4.89. The fraction of sp³-hybridized carbons (Fsp3) is 0.529. The fourth-order valence-corrected chi connectivity index (χ4v) is 3.26. The van der Waals surface area contributed by atoms with E-state index in [9.17, 15) is 27.4 Å². The molecule has 1 aliphatic rings. The molecule has 0 saturated heterocycles. The molecule has 0 amide bonds. The van der Waals surface area contributed by atoms with Crippen LogP contribution in [-0.2, 0) is 24.4 Å². The lowest BCUT2D eigenvalue weighted by molar-refractivity contribution is -0.160. The first kappa shape index (κ1) is 20.2. The van der Waals surface area contributed by atoms with Gasteiger partial charge in [0.1, 0.15) is 10.5 Å². The third kappa shape index (κ3) is 4.53. The molecule has 0 aromatic carbocycles. The van der Waals surface area contributed by atoms with Crippen LogP contribution in [0.1, 0.15) is 49.7 Å². The highest BCUT2D eigenvalue weighted by atomic mass is 32.2. The van der Waals surface area contributed by atoms with Crippen molar-refractivity contribution in [2.24, 2.45) is 11.8 Å². The normalized spacial score (nSPS) is 16.0. The Labute approximate surface area is 151 Å². The standard InChI is InChI=1S/C17H21NO7S/c1-9-12(11(7-8-18-9)26(22,23)24)15(20)13(14(19)10-5-6-10)16(21)25-17(2,3)4/h7-8,10,13H,5-6H2,1-4H3,(H,22,23,24). The Morgan fingerprint density at radius 1 is 1.27 bits per heavy atom. The van der Waals surface area contributed by atoms with Gasteiger partial charge in [-0.05, 0) is 46.6 Å². The number of hydrogen-bond donors (Lipinski definition) is 1. The Morgan fingerprint density at radius 3 is 2.31 bits per heavy atom. The maximum Gasteiger partial charge on any atom is 0.325 e. The molecule has 0 radical (unpaired) electrons. The number of aromatic nitrogens is 1. The molecule has 142 valence electrons. The Kier molecular flexibility index (Phi) is 5.34. The molecule has 1 aliphatic carbocycles. The first-order valence-electron chi connectivity index (χ1n) is 8.07. The monoisotopic (exact) mass is 383 g/mol. The fourth-order valence-electron chi connectivity index (χ4n) is 2.52. The molecule has 1 saturated carbocycles. The molecular weight excluding hydrogens is 362 g/mol. The summed E-state index contributed by atoms with van der Waals surface area (Å²) in [7, 11) is -4.75. The van der Waals surface area contributed by atoms with Crippen LogP contribution in [0.5, 0.6) is 0 Å². The number of aryl methyl sites for hydroxylation is 1. The first-order chi connectivity index (χ1) is 11.8. The van der Waals surface area contributed by atoms with E-state index in [0.717, 1.165) is 12.3 Å². The molecule has 0 spiro atoms. The number of nitrogens with zero attached hydrogens (tertiary/aromatic N) is 1. The van der Waals surface area contributed by atoms with Crippen molar-refractivity contribution < 1.29 is 32.1 Å². The summed E-state index contributed by atoms with van der Waals surface area (Å²) >= 11 is 0. The molecule has 1 aromatic heterocycles. The minimum Gasteiger partial charge on any atom is -0.459 e. The number of esters is 1. The molecule has 2 rings (SSSR count). The second-order valence-corrected chi connectivity index (χ2v) is 8.64. The van der Waals surface area contributed by atoms with Gasteiger partial charge >= 0.3 is 5.97 Å². The lowest BCUT2D eigenvalue weighted by Crippen LogP contribution is -2.39. The van der Waals surface area contributed by atoms with Crippen molar-refractivity contribution in [1.82, 2.24) is 4.98 Å². The van der Waals surface area contributed by atoms with E-state index in [2.05, 4.69) is 4.98 Å². The lowest BCUT2D eigenvalue weighted by Gasteiger charge is -2.23. The zero-order chi connectivity index (χ0) is 19.9. The van der Waals surface area contributed by atoms with Gasteiger partial charge in [0.05, 0.1) is 5.56 Å². The maximum absolute atomic E-state index is 13.0. The van der Waals surface area contributed by atoms with E-state index in [-0.39, 0.29) is 5.69 Å². The molecule has 1 aromatic rings. The van der Waals surface area contributed by atoms with Crippen LogP contribution in [-0.4, -0.2) is 41.1 Å². The number of hydrogen-bond acceptors (Lipinski definition) is 7. The summed E-state index contributed by atoms with van der Waals surface area (Å²) in [6, 6.07) is 0.948. The molecule has 1 unspecified atom stereocenters. The lowest BCUT2D eigenvalue weighted by atomic mass is 9.90. The summed E-state index contributed by atoms with van der Waals surface area (Å²) in [6.45, 7) is 6.13. The zero-order valence-electron chi connectivity index (χ0n) is 15.0. The molecular formula is C17H21NO7S. The predicted octanol–water partition coefficient (Wildman–Crippen LogP) is 1.76. The van der Waals surface area contributed by atoms with Crippen molar-refractivity contribution in [2.75, 3.05) is 0 Å².